The van der Waals surface area contributed by atoms with Crippen LogP contribution in [-0.4, -0.2) is 24.6 Å². The van der Waals surface area contributed by atoms with E-state index in [9.17, 15) is 9.59 Å². The summed E-state index contributed by atoms with van der Waals surface area (Å²) in [6, 6.07) is 20.2. The summed E-state index contributed by atoms with van der Waals surface area (Å²) in [5, 5.41) is 6.86. The van der Waals surface area contributed by atoms with Crippen LogP contribution in [0.1, 0.15) is 32.6 Å². The first-order chi connectivity index (χ1) is 14.9. The SMILES string of the molecule is Cc1ccc(C(=O)N/N=C/c2ccccc2OCC(=O)Nc2ccc(C)cc2C)cc1. The summed E-state index contributed by atoms with van der Waals surface area (Å²) in [7, 11) is 0. The third-order valence-electron chi connectivity index (χ3n) is 4.62. The molecular weight excluding hydrogens is 390 g/mol. The molecule has 31 heavy (non-hydrogen) atoms. The average molecular weight is 415 g/mol. The van der Waals surface area contributed by atoms with Crippen LogP contribution in [0.4, 0.5) is 5.69 Å². The Morgan fingerprint density at radius 3 is 2.39 bits per heavy atom. The number of nitrogens with zero attached hydrogens (tertiary/aromatic N) is 1. The molecule has 0 aromatic heterocycles. The smallest absolute Gasteiger partial charge is 0.271 e. The van der Waals surface area contributed by atoms with Gasteiger partial charge in [-0.3, -0.25) is 9.59 Å². The molecule has 0 radical (unpaired) electrons. The molecule has 0 saturated heterocycles. The molecule has 0 aliphatic carbocycles. The van der Waals surface area contributed by atoms with E-state index in [1.54, 1.807) is 30.3 Å². The minimum absolute atomic E-state index is 0.145. The summed E-state index contributed by atoms with van der Waals surface area (Å²) in [6.45, 7) is 5.76. The van der Waals surface area contributed by atoms with Gasteiger partial charge in [-0.1, -0.05) is 47.5 Å². The molecule has 6 heteroatoms. The number of hydrogen-bond donors (Lipinski definition) is 2. The maximum Gasteiger partial charge on any atom is 0.271 e. The second kappa shape index (κ2) is 10.2. The monoisotopic (exact) mass is 415 g/mol. The van der Waals surface area contributed by atoms with Crippen molar-refractivity contribution in [1.82, 2.24) is 5.43 Å². The molecule has 3 aromatic rings. The summed E-state index contributed by atoms with van der Waals surface area (Å²) in [4.78, 5) is 24.5. The number of carbonyl (C=O) groups is 2. The first-order valence-electron chi connectivity index (χ1n) is 9.91. The summed E-state index contributed by atoms with van der Waals surface area (Å²) in [5.74, 6) is -0.0690. The summed E-state index contributed by atoms with van der Waals surface area (Å²) in [6.07, 6.45) is 1.49. The Hall–Kier alpha value is -3.93. The van der Waals surface area contributed by atoms with Gasteiger partial charge in [0.2, 0.25) is 0 Å². The fourth-order valence-electron chi connectivity index (χ4n) is 2.93. The van der Waals surface area contributed by atoms with Crippen LogP contribution in [0.15, 0.2) is 71.8 Å². The van der Waals surface area contributed by atoms with Crippen molar-refractivity contribution in [3.05, 3.63) is 94.5 Å². The van der Waals surface area contributed by atoms with Crippen LogP contribution in [0.3, 0.4) is 0 Å². The lowest BCUT2D eigenvalue weighted by Gasteiger charge is -2.11. The molecule has 0 heterocycles. The van der Waals surface area contributed by atoms with Crippen LogP contribution in [0.2, 0.25) is 0 Å². The van der Waals surface area contributed by atoms with Crippen LogP contribution >= 0.6 is 0 Å². The van der Waals surface area contributed by atoms with Crippen molar-refractivity contribution >= 4 is 23.7 Å². The first-order valence-corrected chi connectivity index (χ1v) is 9.91. The second-order valence-electron chi connectivity index (χ2n) is 7.26. The predicted molar refractivity (Wildman–Crippen MR) is 123 cm³/mol. The highest BCUT2D eigenvalue weighted by molar-refractivity contribution is 5.95. The van der Waals surface area contributed by atoms with E-state index in [4.69, 9.17) is 4.74 Å². The third kappa shape index (κ3) is 6.27. The number of rotatable bonds is 7. The Morgan fingerprint density at radius 2 is 1.65 bits per heavy atom. The maximum atomic E-state index is 12.3. The molecule has 3 aromatic carbocycles. The highest BCUT2D eigenvalue weighted by Gasteiger charge is 2.08. The van der Waals surface area contributed by atoms with E-state index < -0.39 is 0 Å². The molecule has 0 bridgehead atoms. The number of carbonyl (C=O) groups excluding carboxylic acids is 2. The lowest BCUT2D eigenvalue weighted by molar-refractivity contribution is -0.118. The number of para-hydroxylation sites is 1. The van der Waals surface area contributed by atoms with Crippen molar-refractivity contribution in [2.45, 2.75) is 20.8 Å². The molecule has 0 atom stereocenters. The minimum atomic E-state index is -0.303. The zero-order chi connectivity index (χ0) is 22.2. The van der Waals surface area contributed by atoms with Gasteiger partial charge in [-0.25, -0.2) is 5.43 Å². The molecule has 0 spiro atoms. The largest absolute Gasteiger partial charge is 0.483 e. The number of hydrogen-bond acceptors (Lipinski definition) is 4. The Morgan fingerprint density at radius 1 is 0.935 bits per heavy atom. The standard InChI is InChI=1S/C25H25N3O3/c1-17-8-11-20(12-9-17)25(30)28-26-15-21-6-4-5-7-23(21)31-16-24(29)27-22-13-10-18(2)14-19(22)3/h4-15H,16H2,1-3H3,(H,27,29)(H,28,30)/b26-15+. The fraction of sp³-hybridized carbons (Fsp3) is 0.160. The fourth-order valence-corrected chi connectivity index (χ4v) is 2.93. The molecule has 0 unspecified atom stereocenters. The lowest BCUT2D eigenvalue weighted by atomic mass is 10.1. The van der Waals surface area contributed by atoms with Crippen molar-refractivity contribution in [2.24, 2.45) is 5.10 Å². The molecule has 0 aliphatic heterocycles. The van der Waals surface area contributed by atoms with Crippen molar-refractivity contribution in [3.63, 3.8) is 0 Å². The van der Waals surface area contributed by atoms with Crippen LogP contribution in [0.5, 0.6) is 5.75 Å². The topological polar surface area (TPSA) is 79.8 Å². The quantitative estimate of drug-likeness (QED) is 0.444. The highest BCUT2D eigenvalue weighted by Crippen LogP contribution is 2.18. The zero-order valence-electron chi connectivity index (χ0n) is 17.8. The van der Waals surface area contributed by atoms with Crippen LogP contribution in [0, 0.1) is 20.8 Å². The highest BCUT2D eigenvalue weighted by atomic mass is 16.5. The van der Waals surface area contributed by atoms with Gasteiger partial charge in [-0.05, 0) is 56.7 Å². The molecule has 3 rings (SSSR count). The number of hydrazone groups is 1. The van der Waals surface area contributed by atoms with Crippen LogP contribution in [0.25, 0.3) is 0 Å². The van der Waals surface area contributed by atoms with Crippen LogP contribution in [-0.2, 0) is 4.79 Å². The maximum absolute atomic E-state index is 12.3. The van der Waals surface area contributed by atoms with E-state index in [-0.39, 0.29) is 18.4 Å². The number of anilines is 1. The Kier molecular flexibility index (Phi) is 7.17. The van der Waals surface area contributed by atoms with Gasteiger partial charge in [-0.15, -0.1) is 0 Å². The number of ether oxygens (including phenoxy) is 1. The van der Waals surface area contributed by atoms with Crippen molar-refractivity contribution in [3.8, 4) is 5.75 Å². The summed E-state index contributed by atoms with van der Waals surface area (Å²) in [5.41, 5.74) is 7.62. The van der Waals surface area contributed by atoms with Crippen molar-refractivity contribution in [2.75, 3.05) is 11.9 Å². The third-order valence-corrected chi connectivity index (χ3v) is 4.62. The van der Waals surface area contributed by atoms with E-state index in [0.717, 1.165) is 22.4 Å². The van der Waals surface area contributed by atoms with Gasteiger partial charge in [0.05, 0.1) is 6.21 Å². The van der Waals surface area contributed by atoms with Crippen LogP contribution < -0.4 is 15.5 Å². The molecular formula is C25H25N3O3. The van der Waals surface area contributed by atoms with E-state index in [0.29, 0.717) is 16.9 Å². The molecule has 0 aliphatic rings. The molecule has 2 amide bonds. The van der Waals surface area contributed by atoms with E-state index in [1.807, 2.05) is 57.2 Å². The van der Waals surface area contributed by atoms with Gasteiger partial charge in [0.1, 0.15) is 5.75 Å². The van der Waals surface area contributed by atoms with Gasteiger partial charge in [0, 0.05) is 16.8 Å². The summed E-state index contributed by atoms with van der Waals surface area (Å²) < 4.78 is 5.67. The van der Waals surface area contributed by atoms with Gasteiger partial charge in [-0.2, -0.15) is 5.10 Å². The summed E-state index contributed by atoms with van der Waals surface area (Å²) >= 11 is 0. The minimum Gasteiger partial charge on any atom is -0.483 e. The molecule has 2 N–H and O–H groups in total. The van der Waals surface area contributed by atoms with E-state index in [1.165, 1.54) is 6.21 Å². The van der Waals surface area contributed by atoms with Gasteiger partial charge >= 0.3 is 0 Å². The van der Waals surface area contributed by atoms with Crippen molar-refractivity contribution < 1.29 is 14.3 Å². The predicted octanol–water partition coefficient (Wildman–Crippen LogP) is 4.39. The Bertz CT molecular complexity index is 1110. The molecule has 0 fully saturated rings. The molecule has 6 nitrogen and oxygen atoms in total. The number of nitrogens with one attached hydrogen (secondary N) is 2. The average Bonchev–Trinajstić information content (AvgIpc) is 2.75. The lowest BCUT2D eigenvalue weighted by Crippen LogP contribution is -2.21. The van der Waals surface area contributed by atoms with E-state index >= 15 is 0 Å². The Balaban J connectivity index is 1.58. The van der Waals surface area contributed by atoms with E-state index in [2.05, 4.69) is 15.8 Å². The van der Waals surface area contributed by atoms with Gasteiger partial charge < -0.3 is 10.1 Å². The number of amides is 2. The first kappa shape index (κ1) is 21.8. The second-order valence-corrected chi connectivity index (χ2v) is 7.26. The Labute approximate surface area is 182 Å². The number of aryl methyl sites for hydroxylation is 3. The number of benzene rings is 3. The van der Waals surface area contributed by atoms with Gasteiger partial charge in [0.15, 0.2) is 6.61 Å². The normalized spacial score (nSPS) is 10.7. The van der Waals surface area contributed by atoms with Gasteiger partial charge in [0.25, 0.3) is 11.8 Å². The van der Waals surface area contributed by atoms with Crippen molar-refractivity contribution in [1.29, 1.82) is 0 Å². The molecule has 0 saturated carbocycles. The molecule has 158 valence electrons. The zero-order valence-corrected chi connectivity index (χ0v) is 17.8.